The molecule has 3 rings (SSSR count). The maximum Gasteiger partial charge on any atom is 0.408 e. The van der Waals surface area contributed by atoms with E-state index < -0.39 is 22.6 Å². The van der Waals surface area contributed by atoms with E-state index in [9.17, 15) is 19.7 Å². The number of halogens is 1. The number of hydrogen-bond acceptors (Lipinski definition) is 8. The molecule has 0 saturated carbocycles. The van der Waals surface area contributed by atoms with Crippen molar-refractivity contribution in [3.8, 4) is 11.4 Å². The Bertz CT molecular complexity index is 1140. The van der Waals surface area contributed by atoms with Crippen molar-refractivity contribution in [2.75, 3.05) is 13.1 Å². The first-order chi connectivity index (χ1) is 14.8. The standard InChI is InChI=1S/C18H18ClN7O5/c1-10-4-3-5-12(8-10)15-22-18(31-24-15)17(28)21-7-6-20-13(27)9-25-11(2)14(19)16(23-25)26(29)30/h3-5,8H,6-7,9H2,1-2H3,(H,20,27)(H,21,28). The monoisotopic (exact) mass is 447 g/mol. The van der Waals surface area contributed by atoms with Crippen LogP contribution in [0, 0.1) is 24.0 Å². The van der Waals surface area contributed by atoms with Crippen LogP contribution in [-0.2, 0) is 11.3 Å². The van der Waals surface area contributed by atoms with Gasteiger partial charge in [-0.1, -0.05) is 40.5 Å². The minimum absolute atomic E-state index is 0.103. The number of amides is 2. The highest BCUT2D eigenvalue weighted by atomic mass is 35.5. The van der Waals surface area contributed by atoms with E-state index in [1.807, 2.05) is 25.1 Å². The van der Waals surface area contributed by atoms with E-state index in [1.54, 1.807) is 6.07 Å². The Hall–Kier alpha value is -3.80. The summed E-state index contributed by atoms with van der Waals surface area (Å²) in [7, 11) is 0. The number of aromatic nitrogens is 4. The molecular weight excluding hydrogens is 430 g/mol. The molecule has 2 N–H and O–H groups in total. The number of aryl methyl sites for hydroxylation is 1. The molecule has 0 aliphatic carbocycles. The molecule has 3 aromatic rings. The fourth-order valence-corrected chi connectivity index (χ4v) is 2.85. The van der Waals surface area contributed by atoms with Crippen LogP contribution in [0.25, 0.3) is 11.4 Å². The number of nitro groups is 1. The van der Waals surface area contributed by atoms with Crippen molar-refractivity contribution in [2.45, 2.75) is 20.4 Å². The van der Waals surface area contributed by atoms with Crippen molar-refractivity contribution in [2.24, 2.45) is 0 Å². The molecule has 0 bridgehead atoms. The molecule has 2 aromatic heterocycles. The zero-order valence-electron chi connectivity index (χ0n) is 16.6. The van der Waals surface area contributed by atoms with Crippen LogP contribution in [0.3, 0.4) is 0 Å². The molecule has 0 radical (unpaired) electrons. The Balaban J connectivity index is 1.47. The highest BCUT2D eigenvalue weighted by molar-refractivity contribution is 6.33. The zero-order valence-corrected chi connectivity index (χ0v) is 17.3. The molecule has 0 aliphatic rings. The van der Waals surface area contributed by atoms with Gasteiger partial charge in [0.2, 0.25) is 11.7 Å². The average molecular weight is 448 g/mol. The van der Waals surface area contributed by atoms with E-state index in [1.165, 1.54) is 6.92 Å². The third-order valence-electron chi connectivity index (χ3n) is 4.21. The van der Waals surface area contributed by atoms with Gasteiger partial charge in [0.15, 0.2) is 5.02 Å². The van der Waals surface area contributed by atoms with E-state index >= 15 is 0 Å². The van der Waals surface area contributed by atoms with Crippen molar-refractivity contribution in [1.29, 1.82) is 0 Å². The Morgan fingerprint density at radius 2 is 2.00 bits per heavy atom. The molecule has 2 heterocycles. The molecule has 162 valence electrons. The minimum atomic E-state index is -0.721. The van der Waals surface area contributed by atoms with Gasteiger partial charge < -0.3 is 25.3 Å². The summed E-state index contributed by atoms with van der Waals surface area (Å²) >= 11 is 5.84. The summed E-state index contributed by atoms with van der Waals surface area (Å²) < 4.78 is 6.12. The summed E-state index contributed by atoms with van der Waals surface area (Å²) in [5, 5.41) is 23.4. The van der Waals surface area contributed by atoms with Crippen molar-refractivity contribution in [1.82, 2.24) is 30.6 Å². The van der Waals surface area contributed by atoms with Gasteiger partial charge in [0.05, 0.1) is 10.8 Å². The van der Waals surface area contributed by atoms with Crippen molar-refractivity contribution in [3.63, 3.8) is 0 Å². The third-order valence-corrected chi connectivity index (χ3v) is 4.65. The molecule has 0 fully saturated rings. The number of carbonyl (C=O) groups excluding carboxylic acids is 2. The van der Waals surface area contributed by atoms with Crippen LogP contribution < -0.4 is 10.6 Å². The van der Waals surface area contributed by atoms with E-state index in [-0.39, 0.29) is 30.5 Å². The average Bonchev–Trinajstić information content (AvgIpc) is 3.32. The lowest BCUT2D eigenvalue weighted by molar-refractivity contribution is -0.389. The molecule has 12 nitrogen and oxygen atoms in total. The summed E-state index contributed by atoms with van der Waals surface area (Å²) in [4.78, 5) is 38.3. The van der Waals surface area contributed by atoms with Gasteiger partial charge in [-0.2, -0.15) is 9.67 Å². The second-order valence-electron chi connectivity index (χ2n) is 6.54. The van der Waals surface area contributed by atoms with Gasteiger partial charge in [-0.25, -0.2) is 0 Å². The summed E-state index contributed by atoms with van der Waals surface area (Å²) in [6.45, 7) is 3.41. The summed E-state index contributed by atoms with van der Waals surface area (Å²) in [5.41, 5.74) is 2.05. The summed E-state index contributed by atoms with van der Waals surface area (Å²) in [6, 6.07) is 7.44. The lowest BCUT2D eigenvalue weighted by atomic mass is 10.1. The van der Waals surface area contributed by atoms with Gasteiger partial charge in [0, 0.05) is 18.7 Å². The van der Waals surface area contributed by atoms with Crippen LogP contribution in [0.5, 0.6) is 0 Å². The predicted octanol–water partition coefficient (Wildman–Crippen LogP) is 1.66. The van der Waals surface area contributed by atoms with Gasteiger partial charge in [0.1, 0.15) is 6.54 Å². The van der Waals surface area contributed by atoms with Crippen molar-refractivity contribution >= 4 is 29.2 Å². The number of benzene rings is 1. The van der Waals surface area contributed by atoms with Crippen LogP contribution in [0.2, 0.25) is 5.02 Å². The smallest absolute Gasteiger partial charge is 0.358 e. The number of hydrogen-bond donors (Lipinski definition) is 2. The van der Waals surface area contributed by atoms with Gasteiger partial charge in [0.25, 0.3) is 0 Å². The molecule has 31 heavy (non-hydrogen) atoms. The van der Waals surface area contributed by atoms with Gasteiger partial charge >= 0.3 is 17.6 Å². The Morgan fingerprint density at radius 3 is 2.68 bits per heavy atom. The van der Waals surface area contributed by atoms with Crippen LogP contribution in [0.1, 0.15) is 21.9 Å². The van der Waals surface area contributed by atoms with Crippen LogP contribution >= 0.6 is 11.6 Å². The predicted molar refractivity (Wildman–Crippen MR) is 108 cm³/mol. The van der Waals surface area contributed by atoms with E-state index in [0.717, 1.165) is 15.8 Å². The quantitative estimate of drug-likeness (QED) is 0.299. The Morgan fingerprint density at radius 1 is 1.26 bits per heavy atom. The summed E-state index contributed by atoms with van der Waals surface area (Å²) in [6.07, 6.45) is 0. The molecule has 0 unspecified atom stereocenters. The van der Waals surface area contributed by atoms with Crippen LogP contribution in [0.4, 0.5) is 5.82 Å². The third kappa shape index (κ3) is 5.22. The van der Waals surface area contributed by atoms with E-state index in [4.69, 9.17) is 16.1 Å². The SMILES string of the molecule is Cc1cccc(-c2noc(C(=O)NCCNC(=O)Cn3nc([N+](=O)[O-])c(Cl)c3C)n2)c1. The largest absolute Gasteiger partial charge is 0.408 e. The Labute approximate surface area is 180 Å². The number of nitrogens with one attached hydrogen (secondary N) is 2. The molecule has 2 amide bonds. The fourth-order valence-electron chi connectivity index (χ4n) is 2.64. The maximum atomic E-state index is 12.1. The normalized spacial score (nSPS) is 10.7. The fraction of sp³-hybridized carbons (Fsp3) is 0.278. The number of rotatable bonds is 8. The molecule has 1 aromatic carbocycles. The second kappa shape index (κ2) is 9.34. The van der Waals surface area contributed by atoms with E-state index in [0.29, 0.717) is 11.5 Å². The number of nitrogens with zero attached hydrogens (tertiary/aromatic N) is 5. The maximum absolute atomic E-state index is 12.1. The second-order valence-corrected chi connectivity index (χ2v) is 6.91. The molecule has 0 aliphatic heterocycles. The molecule has 0 atom stereocenters. The number of carbonyl (C=O) groups is 2. The minimum Gasteiger partial charge on any atom is -0.358 e. The first kappa shape index (κ1) is 21.9. The lowest BCUT2D eigenvalue weighted by Crippen LogP contribution is -2.36. The zero-order chi connectivity index (χ0) is 22.5. The lowest BCUT2D eigenvalue weighted by Gasteiger charge is -2.05. The highest BCUT2D eigenvalue weighted by Gasteiger charge is 2.25. The highest BCUT2D eigenvalue weighted by Crippen LogP contribution is 2.26. The van der Waals surface area contributed by atoms with Gasteiger partial charge in [-0.3, -0.25) is 9.59 Å². The summed E-state index contributed by atoms with van der Waals surface area (Å²) in [5.74, 6) is -1.44. The van der Waals surface area contributed by atoms with Crippen LogP contribution in [-0.4, -0.2) is 49.7 Å². The molecule has 0 saturated heterocycles. The molecule has 0 spiro atoms. The first-order valence-electron chi connectivity index (χ1n) is 9.09. The van der Waals surface area contributed by atoms with Gasteiger partial charge in [-0.15, -0.1) is 0 Å². The van der Waals surface area contributed by atoms with Crippen molar-refractivity contribution < 1.29 is 19.0 Å². The van der Waals surface area contributed by atoms with Gasteiger partial charge in [-0.05, 0) is 24.8 Å². The topological polar surface area (TPSA) is 158 Å². The first-order valence-corrected chi connectivity index (χ1v) is 9.47. The Kier molecular flexibility index (Phi) is 6.60. The van der Waals surface area contributed by atoms with E-state index in [2.05, 4.69) is 25.9 Å². The molecular formula is C18H18ClN7O5. The molecule has 13 heteroatoms. The van der Waals surface area contributed by atoms with Crippen LogP contribution in [0.15, 0.2) is 28.8 Å². The van der Waals surface area contributed by atoms with Crippen molar-refractivity contribution in [3.05, 3.63) is 56.6 Å².